The lowest BCUT2D eigenvalue weighted by Gasteiger charge is -2.11. The zero-order chi connectivity index (χ0) is 20.8. The molecule has 0 amide bonds. The highest BCUT2D eigenvalue weighted by atomic mass is 127. The van der Waals surface area contributed by atoms with Gasteiger partial charge in [-0.05, 0) is 5.56 Å². The lowest BCUT2D eigenvalue weighted by molar-refractivity contribution is -0.154. The minimum absolute atomic E-state index is 0. The number of alkyl halides is 6. The molecule has 0 aromatic carbocycles. The van der Waals surface area contributed by atoms with Crippen molar-refractivity contribution >= 4 is 41.3 Å². The van der Waals surface area contributed by atoms with Crippen LogP contribution in [-0.4, -0.2) is 35.8 Å². The van der Waals surface area contributed by atoms with Crippen LogP contribution in [0.5, 0.6) is 5.88 Å². The van der Waals surface area contributed by atoms with E-state index < -0.39 is 24.7 Å². The molecular formula is C15H16F6IN5OS. The lowest BCUT2D eigenvalue weighted by atomic mass is 10.3. The number of nitrogens with zero attached hydrogens (tertiary/aromatic N) is 3. The minimum atomic E-state index is -4.49. The van der Waals surface area contributed by atoms with Crippen LogP contribution in [0.15, 0.2) is 28.7 Å². The highest BCUT2D eigenvalue weighted by Gasteiger charge is 2.33. The van der Waals surface area contributed by atoms with E-state index in [2.05, 4.69) is 30.3 Å². The number of aromatic nitrogens is 2. The fourth-order valence-electron chi connectivity index (χ4n) is 1.84. The molecule has 0 aliphatic carbocycles. The van der Waals surface area contributed by atoms with Gasteiger partial charge < -0.3 is 15.4 Å². The molecule has 14 heteroatoms. The molecule has 0 fully saturated rings. The Morgan fingerprint density at radius 1 is 1.14 bits per heavy atom. The van der Waals surface area contributed by atoms with E-state index in [4.69, 9.17) is 0 Å². The van der Waals surface area contributed by atoms with Gasteiger partial charge in [0.25, 0.3) is 0 Å². The van der Waals surface area contributed by atoms with Crippen molar-refractivity contribution in [2.24, 2.45) is 4.99 Å². The standard InChI is InChI=1S/C15H15F6N5OS.HI/c1-22-13(25-6-12-26-10(7-28-12)15(19,20)21)24-5-9-2-3-11(23-4-9)27-8-14(16,17)18;/h2-4,7H,5-6,8H2,1H3,(H2,22,24,25);1H. The summed E-state index contributed by atoms with van der Waals surface area (Å²) in [5, 5.41) is 6.89. The first-order valence-electron chi connectivity index (χ1n) is 7.67. The molecule has 2 heterocycles. The maximum Gasteiger partial charge on any atom is 0.434 e. The average Bonchev–Trinajstić information content (AvgIpc) is 3.10. The van der Waals surface area contributed by atoms with Crippen molar-refractivity contribution in [2.75, 3.05) is 13.7 Å². The Labute approximate surface area is 182 Å². The van der Waals surface area contributed by atoms with Gasteiger partial charge in [0.15, 0.2) is 18.3 Å². The summed E-state index contributed by atoms with van der Waals surface area (Å²) >= 11 is 0.871. The summed E-state index contributed by atoms with van der Waals surface area (Å²) in [6, 6.07) is 2.82. The number of thiazole rings is 1. The monoisotopic (exact) mass is 555 g/mol. The van der Waals surface area contributed by atoms with Gasteiger partial charge >= 0.3 is 12.4 Å². The number of halogens is 7. The van der Waals surface area contributed by atoms with E-state index in [1.165, 1.54) is 25.4 Å². The maximum atomic E-state index is 12.5. The summed E-state index contributed by atoms with van der Waals surface area (Å²) in [4.78, 5) is 11.2. The molecule has 0 bridgehead atoms. The second kappa shape index (κ2) is 10.8. The van der Waals surface area contributed by atoms with Crippen molar-refractivity contribution in [2.45, 2.75) is 25.4 Å². The van der Waals surface area contributed by atoms with Crippen LogP contribution in [0.2, 0.25) is 0 Å². The van der Waals surface area contributed by atoms with Gasteiger partial charge in [0.05, 0.1) is 6.54 Å². The minimum Gasteiger partial charge on any atom is -0.468 e. The molecule has 0 aliphatic rings. The van der Waals surface area contributed by atoms with E-state index in [1.807, 2.05) is 0 Å². The number of rotatable bonds is 6. The Morgan fingerprint density at radius 2 is 1.83 bits per heavy atom. The molecule has 2 N–H and O–H groups in total. The SMILES string of the molecule is CN=C(NCc1ccc(OCC(F)(F)F)nc1)NCc1nc(C(F)(F)F)cs1.I. The fraction of sp³-hybridized carbons (Fsp3) is 0.400. The first-order valence-corrected chi connectivity index (χ1v) is 8.55. The highest BCUT2D eigenvalue weighted by Crippen LogP contribution is 2.29. The summed E-state index contributed by atoms with van der Waals surface area (Å²) < 4.78 is 78.3. The molecule has 29 heavy (non-hydrogen) atoms. The molecule has 0 saturated carbocycles. The fourth-order valence-corrected chi connectivity index (χ4v) is 2.59. The van der Waals surface area contributed by atoms with E-state index in [9.17, 15) is 26.3 Å². The van der Waals surface area contributed by atoms with E-state index in [1.54, 1.807) is 0 Å². The van der Waals surface area contributed by atoms with Crippen LogP contribution in [0, 0.1) is 0 Å². The summed E-state index contributed by atoms with van der Waals surface area (Å²) in [7, 11) is 1.48. The highest BCUT2D eigenvalue weighted by molar-refractivity contribution is 14.0. The van der Waals surface area contributed by atoms with Crippen molar-refractivity contribution in [1.82, 2.24) is 20.6 Å². The molecule has 0 aliphatic heterocycles. The van der Waals surface area contributed by atoms with Crippen molar-refractivity contribution in [1.29, 1.82) is 0 Å². The van der Waals surface area contributed by atoms with Crippen LogP contribution >= 0.6 is 35.3 Å². The van der Waals surface area contributed by atoms with Crippen LogP contribution < -0.4 is 15.4 Å². The van der Waals surface area contributed by atoms with Gasteiger partial charge in [0.1, 0.15) is 5.01 Å². The van der Waals surface area contributed by atoms with Crippen LogP contribution in [0.25, 0.3) is 0 Å². The third kappa shape index (κ3) is 9.01. The van der Waals surface area contributed by atoms with Gasteiger partial charge in [-0.2, -0.15) is 26.3 Å². The second-order valence-corrected chi connectivity index (χ2v) is 6.25. The number of ether oxygens (including phenoxy) is 1. The number of hydrogen-bond acceptors (Lipinski definition) is 5. The number of nitrogens with one attached hydrogen (secondary N) is 2. The van der Waals surface area contributed by atoms with Crippen LogP contribution in [0.4, 0.5) is 26.3 Å². The van der Waals surface area contributed by atoms with Crippen LogP contribution in [0.3, 0.4) is 0 Å². The van der Waals surface area contributed by atoms with Crippen LogP contribution in [0.1, 0.15) is 16.3 Å². The zero-order valence-electron chi connectivity index (χ0n) is 14.8. The Bertz CT molecular complexity index is 794. The van der Waals surface area contributed by atoms with Crippen molar-refractivity contribution in [3.8, 4) is 5.88 Å². The largest absolute Gasteiger partial charge is 0.468 e. The molecule has 0 atom stereocenters. The Morgan fingerprint density at radius 3 is 2.34 bits per heavy atom. The van der Waals surface area contributed by atoms with E-state index >= 15 is 0 Å². The molecule has 2 aromatic rings. The molecule has 2 rings (SSSR count). The average molecular weight is 555 g/mol. The third-order valence-electron chi connectivity index (χ3n) is 3.11. The number of guanidine groups is 1. The predicted octanol–water partition coefficient (Wildman–Crippen LogP) is 3.98. The number of aliphatic imine (C=N–C) groups is 1. The number of pyridine rings is 1. The zero-order valence-corrected chi connectivity index (χ0v) is 17.9. The third-order valence-corrected chi connectivity index (χ3v) is 3.96. The van der Waals surface area contributed by atoms with Gasteiger partial charge in [-0.25, -0.2) is 9.97 Å². The molecule has 0 radical (unpaired) electrons. The van der Waals surface area contributed by atoms with Crippen molar-refractivity contribution in [3.05, 3.63) is 40.0 Å². The molecule has 162 valence electrons. The van der Waals surface area contributed by atoms with Gasteiger partial charge in [-0.15, -0.1) is 35.3 Å². The second-order valence-electron chi connectivity index (χ2n) is 5.31. The van der Waals surface area contributed by atoms with E-state index in [-0.39, 0.29) is 48.0 Å². The summed E-state index contributed by atoms with van der Waals surface area (Å²) in [6.45, 7) is -1.15. The Hall–Kier alpha value is -1.84. The quantitative estimate of drug-likeness (QED) is 0.244. The van der Waals surface area contributed by atoms with Gasteiger partial charge in [-0.1, -0.05) is 6.07 Å². The van der Waals surface area contributed by atoms with E-state index in [0.29, 0.717) is 11.5 Å². The first-order chi connectivity index (χ1) is 13.1. The molecule has 0 saturated heterocycles. The van der Waals surface area contributed by atoms with Gasteiger partial charge in [0.2, 0.25) is 5.88 Å². The summed E-state index contributed by atoms with van der Waals surface area (Å²) in [5.74, 6) is 0.147. The molecule has 2 aromatic heterocycles. The molecule has 0 spiro atoms. The van der Waals surface area contributed by atoms with Gasteiger partial charge in [0, 0.05) is 31.2 Å². The Balaban J connectivity index is 0.00000420. The van der Waals surface area contributed by atoms with E-state index in [0.717, 1.165) is 16.7 Å². The van der Waals surface area contributed by atoms with Crippen LogP contribution in [-0.2, 0) is 19.3 Å². The van der Waals surface area contributed by atoms with Crippen molar-refractivity contribution < 1.29 is 31.1 Å². The molecular weight excluding hydrogens is 539 g/mol. The Kier molecular flexibility index (Phi) is 9.38. The summed E-state index contributed by atoms with van der Waals surface area (Å²) in [5.41, 5.74) is -0.313. The predicted molar refractivity (Wildman–Crippen MR) is 105 cm³/mol. The molecule has 0 unspecified atom stereocenters. The smallest absolute Gasteiger partial charge is 0.434 e. The lowest BCUT2D eigenvalue weighted by Crippen LogP contribution is -2.36. The summed E-state index contributed by atoms with van der Waals surface area (Å²) in [6.07, 6.45) is -7.60. The normalized spacial score (nSPS) is 12.3. The molecule has 6 nitrogen and oxygen atoms in total. The van der Waals surface area contributed by atoms with Crippen molar-refractivity contribution in [3.63, 3.8) is 0 Å². The maximum absolute atomic E-state index is 12.5. The topological polar surface area (TPSA) is 71.4 Å². The van der Waals surface area contributed by atoms with Gasteiger partial charge in [-0.3, -0.25) is 4.99 Å². The first kappa shape index (κ1) is 25.2. The number of hydrogen-bond donors (Lipinski definition) is 2.